The number of carbonyl (C=O) groups excluding carboxylic acids is 1. The summed E-state index contributed by atoms with van der Waals surface area (Å²) in [6, 6.07) is 11.8. The van der Waals surface area contributed by atoms with E-state index in [1.54, 1.807) is 31.2 Å². The fraction of sp³-hybridized carbons (Fsp3) is 0.278. The molecule has 9 heteroatoms. The van der Waals surface area contributed by atoms with Crippen LogP contribution >= 0.6 is 0 Å². The molecule has 0 radical (unpaired) electrons. The predicted molar refractivity (Wildman–Crippen MR) is 99.9 cm³/mol. The first-order valence-corrected chi connectivity index (χ1v) is 10.0. The summed E-state index contributed by atoms with van der Waals surface area (Å²) in [5.74, 6) is 0.240. The van der Waals surface area contributed by atoms with Crippen LogP contribution in [0.1, 0.15) is 6.92 Å². The summed E-state index contributed by atoms with van der Waals surface area (Å²) in [5.41, 5.74) is 0.435. The van der Waals surface area contributed by atoms with Crippen LogP contribution in [0, 0.1) is 5.82 Å². The lowest BCUT2D eigenvalue weighted by atomic mass is 10.3. The van der Waals surface area contributed by atoms with Crippen molar-refractivity contribution in [3.63, 3.8) is 0 Å². The maximum absolute atomic E-state index is 12.8. The fourth-order valence-electron chi connectivity index (χ4n) is 2.09. The number of benzene rings is 2. The average Bonchev–Trinajstić information content (AvgIpc) is 2.60. The maximum Gasteiger partial charge on any atom is 0.260 e. The van der Waals surface area contributed by atoms with Crippen molar-refractivity contribution >= 4 is 21.6 Å². The van der Waals surface area contributed by atoms with Crippen molar-refractivity contribution in [1.29, 1.82) is 0 Å². The first-order chi connectivity index (χ1) is 12.7. The Bertz CT molecular complexity index is 854. The number of halogens is 1. The molecule has 0 saturated carbocycles. The highest BCUT2D eigenvalue weighted by molar-refractivity contribution is 7.92. The molecule has 2 aromatic rings. The Morgan fingerprint density at radius 2 is 1.67 bits per heavy atom. The minimum absolute atomic E-state index is 0.230. The molecular weight excluding hydrogens is 375 g/mol. The predicted octanol–water partition coefficient (Wildman–Crippen LogP) is 2.16. The van der Waals surface area contributed by atoms with Gasteiger partial charge < -0.3 is 14.8 Å². The van der Waals surface area contributed by atoms with Crippen molar-refractivity contribution in [3.05, 3.63) is 54.3 Å². The Hall–Kier alpha value is -2.81. The van der Waals surface area contributed by atoms with Crippen LogP contribution in [0.4, 0.5) is 10.1 Å². The zero-order valence-corrected chi connectivity index (χ0v) is 15.8. The number of anilines is 1. The van der Waals surface area contributed by atoms with E-state index in [0.29, 0.717) is 17.2 Å². The van der Waals surface area contributed by atoms with E-state index in [9.17, 15) is 17.6 Å². The van der Waals surface area contributed by atoms with E-state index >= 15 is 0 Å². The first-order valence-electron chi connectivity index (χ1n) is 8.13. The van der Waals surface area contributed by atoms with E-state index < -0.39 is 16.1 Å². The first kappa shape index (κ1) is 20.5. The fourth-order valence-corrected chi connectivity index (χ4v) is 2.66. The zero-order valence-electron chi connectivity index (χ0n) is 14.9. The van der Waals surface area contributed by atoms with E-state index in [1.807, 2.05) is 0 Å². The van der Waals surface area contributed by atoms with Gasteiger partial charge in [0.25, 0.3) is 5.91 Å². The van der Waals surface area contributed by atoms with Crippen molar-refractivity contribution < 1.29 is 27.1 Å². The Morgan fingerprint density at radius 1 is 1.07 bits per heavy atom. The van der Waals surface area contributed by atoms with Crippen molar-refractivity contribution in [2.75, 3.05) is 24.1 Å². The molecule has 2 rings (SSSR count). The van der Waals surface area contributed by atoms with Gasteiger partial charge in [0.05, 0.1) is 12.8 Å². The third-order valence-electron chi connectivity index (χ3n) is 3.32. The van der Waals surface area contributed by atoms with Gasteiger partial charge in [-0.05, 0) is 55.5 Å². The number of amides is 1. The lowest BCUT2D eigenvalue weighted by Crippen LogP contribution is -2.38. The van der Waals surface area contributed by atoms with Crippen molar-refractivity contribution in [3.8, 4) is 11.5 Å². The number of ether oxygens (including phenoxy) is 2. The molecule has 0 aromatic heterocycles. The van der Waals surface area contributed by atoms with E-state index in [-0.39, 0.29) is 24.9 Å². The Balaban J connectivity index is 1.71. The van der Waals surface area contributed by atoms with Gasteiger partial charge >= 0.3 is 0 Å². The van der Waals surface area contributed by atoms with Crippen LogP contribution in [0.25, 0.3) is 0 Å². The SMILES string of the molecule is C[C@H](Oc1ccc(F)cc1)C(=O)NCCOc1ccc(NS(C)(=O)=O)cc1. The number of carbonyl (C=O) groups is 1. The maximum atomic E-state index is 12.8. The lowest BCUT2D eigenvalue weighted by molar-refractivity contribution is -0.127. The summed E-state index contributed by atoms with van der Waals surface area (Å²) in [5, 5.41) is 2.67. The molecule has 0 aliphatic rings. The van der Waals surface area contributed by atoms with Gasteiger partial charge in [-0.15, -0.1) is 0 Å². The molecule has 2 aromatic carbocycles. The third kappa shape index (κ3) is 7.53. The zero-order chi connectivity index (χ0) is 19.9. The van der Waals surface area contributed by atoms with Crippen LogP contribution in [0.15, 0.2) is 48.5 Å². The molecule has 0 saturated heterocycles. The third-order valence-corrected chi connectivity index (χ3v) is 3.93. The quantitative estimate of drug-likeness (QED) is 0.634. The summed E-state index contributed by atoms with van der Waals surface area (Å²) < 4.78 is 48.4. The van der Waals surface area contributed by atoms with Gasteiger partial charge in [0, 0.05) is 5.69 Å². The number of hydrogen-bond acceptors (Lipinski definition) is 5. The minimum atomic E-state index is -3.32. The molecule has 0 aliphatic carbocycles. The second-order valence-electron chi connectivity index (χ2n) is 5.75. The van der Waals surface area contributed by atoms with E-state index in [2.05, 4.69) is 10.0 Å². The number of rotatable bonds is 9. The van der Waals surface area contributed by atoms with E-state index in [1.165, 1.54) is 24.3 Å². The van der Waals surface area contributed by atoms with Crippen LogP contribution in [-0.4, -0.2) is 39.8 Å². The average molecular weight is 396 g/mol. The van der Waals surface area contributed by atoms with Crippen LogP contribution in [0.2, 0.25) is 0 Å². The molecule has 0 bridgehead atoms. The smallest absolute Gasteiger partial charge is 0.260 e. The molecule has 2 N–H and O–H groups in total. The highest BCUT2D eigenvalue weighted by atomic mass is 32.2. The lowest BCUT2D eigenvalue weighted by Gasteiger charge is -2.15. The molecule has 0 aliphatic heterocycles. The molecular formula is C18H21FN2O5S. The van der Waals surface area contributed by atoms with Gasteiger partial charge in [-0.1, -0.05) is 0 Å². The normalized spacial score (nSPS) is 12.1. The van der Waals surface area contributed by atoms with Gasteiger partial charge in [-0.3, -0.25) is 9.52 Å². The number of sulfonamides is 1. The standard InChI is InChI=1S/C18H21FN2O5S/c1-13(26-17-7-3-14(19)4-8-17)18(22)20-11-12-25-16-9-5-15(6-10-16)21-27(2,23)24/h3-10,13,21H,11-12H2,1-2H3,(H,20,22)/t13-/m0/s1. The van der Waals surface area contributed by atoms with Crippen LogP contribution in [0.5, 0.6) is 11.5 Å². The molecule has 0 unspecified atom stereocenters. The van der Waals surface area contributed by atoms with Crippen LogP contribution < -0.4 is 19.5 Å². The molecule has 0 spiro atoms. The van der Waals surface area contributed by atoms with Crippen molar-refractivity contribution in [2.24, 2.45) is 0 Å². The van der Waals surface area contributed by atoms with Gasteiger partial charge in [-0.25, -0.2) is 12.8 Å². The van der Waals surface area contributed by atoms with Crippen LogP contribution in [0.3, 0.4) is 0 Å². The van der Waals surface area contributed by atoms with Crippen LogP contribution in [-0.2, 0) is 14.8 Å². The van der Waals surface area contributed by atoms with Gasteiger partial charge in [0.15, 0.2) is 6.10 Å². The minimum Gasteiger partial charge on any atom is -0.492 e. The monoisotopic (exact) mass is 396 g/mol. The summed E-state index contributed by atoms with van der Waals surface area (Å²) in [4.78, 5) is 12.0. The van der Waals surface area contributed by atoms with Gasteiger partial charge in [0.1, 0.15) is 23.9 Å². The largest absolute Gasteiger partial charge is 0.492 e. The highest BCUT2D eigenvalue weighted by Gasteiger charge is 2.14. The topological polar surface area (TPSA) is 93.7 Å². The van der Waals surface area contributed by atoms with E-state index in [4.69, 9.17) is 9.47 Å². The summed E-state index contributed by atoms with van der Waals surface area (Å²) in [6.45, 7) is 2.08. The molecule has 27 heavy (non-hydrogen) atoms. The Kier molecular flexibility index (Phi) is 7.00. The molecule has 7 nitrogen and oxygen atoms in total. The van der Waals surface area contributed by atoms with Crippen molar-refractivity contribution in [2.45, 2.75) is 13.0 Å². The van der Waals surface area contributed by atoms with E-state index in [0.717, 1.165) is 6.26 Å². The van der Waals surface area contributed by atoms with Gasteiger partial charge in [-0.2, -0.15) is 0 Å². The Labute approximate surface area is 157 Å². The molecule has 1 atom stereocenters. The Morgan fingerprint density at radius 3 is 2.26 bits per heavy atom. The second kappa shape index (κ2) is 9.22. The molecule has 0 fully saturated rings. The molecule has 146 valence electrons. The second-order valence-corrected chi connectivity index (χ2v) is 7.50. The van der Waals surface area contributed by atoms with Gasteiger partial charge in [0.2, 0.25) is 10.0 Å². The molecule has 0 heterocycles. The summed E-state index contributed by atoms with van der Waals surface area (Å²) >= 11 is 0. The number of hydrogen-bond donors (Lipinski definition) is 2. The van der Waals surface area contributed by atoms with Crippen molar-refractivity contribution in [1.82, 2.24) is 5.32 Å². The number of nitrogens with one attached hydrogen (secondary N) is 2. The summed E-state index contributed by atoms with van der Waals surface area (Å²) in [7, 11) is -3.32. The summed E-state index contributed by atoms with van der Waals surface area (Å²) in [6.07, 6.45) is 0.331. The highest BCUT2D eigenvalue weighted by Crippen LogP contribution is 2.16. The molecule has 1 amide bonds.